The molecule has 98 valence electrons. The number of sulfonamides is 1. The van der Waals surface area contributed by atoms with E-state index in [1.807, 2.05) is 0 Å². The Balaban J connectivity index is 2.35. The predicted octanol–water partition coefficient (Wildman–Crippen LogP) is 0.590. The second kappa shape index (κ2) is 6.89. The van der Waals surface area contributed by atoms with Gasteiger partial charge in [0, 0.05) is 24.7 Å². The minimum Gasteiger partial charge on any atom is -0.492 e. The zero-order chi connectivity index (χ0) is 13.4. The van der Waals surface area contributed by atoms with Crippen molar-refractivity contribution in [1.29, 1.82) is 0 Å². The summed E-state index contributed by atoms with van der Waals surface area (Å²) in [5.74, 6) is 2.79. The first kappa shape index (κ1) is 14.4. The number of nitrogen functional groups attached to an aromatic ring is 1. The third-order valence-electron chi connectivity index (χ3n) is 2.07. The molecule has 0 saturated heterocycles. The fourth-order valence-electron chi connectivity index (χ4n) is 1.22. The van der Waals surface area contributed by atoms with E-state index in [-0.39, 0.29) is 18.9 Å². The third-order valence-corrected chi connectivity index (χ3v) is 3.42. The van der Waals surface area contributed by atoms with Gasteiger partial charge in [-0.15, -0.1) is 12.3 Å². The highest BCUT2D eigenvalue weighted by Gasteiger charge is 2.09. The van der Waals surface area contributed by atoms with Crippen LogP contribution in [0.2, 0.25) is 0 Å². The Hall–Kier alpha value is -1.71. The average Bonchev–Trinajstić information content (AvgIpc) is 2.29. The molecule has 0 aromatic heterocycles. The normalized spacial score (nSPS) is 10.8. The first-order valence-electron chi connectivity index (χ1n) is 5.42. The zero-order valence-corrected chi connectivity index (χ0v) is 10.7. The number of hydrogen-bond donors (Lipinski definition) is 2. The number of benzene rings is 1. The van der Waals surface area contributed by atoms with Crippen molar-refractivity contribution >= 4 is 15.7 Å². The number of anilines is 1. The van der Waals surface area contributed by atoms with E-state index in [1.54, 1.807) is 24.3 Å². The molecule has 6 heteroatoms. The summed E-state index contributed by atoms with van der Waals surface area (Å²) in [5.41, 5.74) is 6.14. The van der Waals surface area contributed by atoms with Crippen molar-refractivity contribution in [3.05, 3.63) is 24.3 Å². The first-order valence-corrected chi connectivity index (χ1v) is 7.08. The van der Waals surface area contributed by atoms with Crippen LogP contribution >= 0.6 is 0 Å². The lowest BCUT2D eigenvalue weighted by atomic mass is 10.3. The second-order valence-electron chi connectivity index (χ2n) is 3.59. The summed E-state index contributed by atoms with van der Waals surface area (Å²) in [6.45, 7) is 0.311. The Labute approximate surface area is 107 Å². The molecule has 0 saturated carbocycles. The number of nitrogens with one attached hydrogen (secondary N) is 1. The highest BCUT2D eigenvalue weighted by Crippen LogP contribution is 2.14. The molecule has 1 aromatic rings. The van der Waals surface area contributed by atoms with Gasteiger partial charge < -0.3 is 10.5 Å². The van der Waals surface area contributed by atoms with Gasteiger partial charge in [-0.2, -0.15) is 0 Å². The van der Waals surface area contributed by atoms with Crippen LogP contribution in [-0.2, 0) is 10.0 Å². The minimum absolute atomic E-state index is 0.0643. The van der Waals surface area contributed by atoms with Crippen LogP contribution in [0.25, 0.3) is 0 Å². The topological polar surface area (TPSA) is 81.4 Å². The van der Waals surface area contributed by atoms with Gasteiger partial charge in [-0.3, -0.25) is 0 Å². The summed E-state index contributed by atoms with van der Waals surface area (Å²) in [6, 6.07) is 6.82. The second-order valence-corrected chi connectivity index (χ2v) is 5.51. The van der Waals surface area contributed by atoms with Crippen LogP contribution in [0.4, 0.5) is 5.69 Å². The van der Waals surface area contributed by atoms with Crippen LogP contribution in [0.5, 0.6) is 5.75 Å². The molecule has 5 nitrogen and oxygen atoms in total. The molecule has 0 aliphatic heterocycles. The van der Waals surface area contributed by atoms with Crippen LogP contribution in [0.3, 0.4) is 0 Å². The predicted molar refractivity (Wildman–Crippen MR) is 71.6 cm³/mol. The van der Waals surface area contributed by atoms with Gasteiger partial charge >= 0.3 is 0 Å². The molecule has 1 aromatic carbocycles. The Morgan fingerprint density at radius 2 is 2.22 bits per heavy atom. The molecule has 0 atom stereocenters. The highest BCUT2D eigenvalue weighted by molar-refractivity contribution is 7.89. The van der Waals surface area contributed by atoms with Crippen LogP contribution < -0.4 is 15.2 Å². The van der Waals surface area contributed by atoms with E-state index >= 15 is 0 Å². The maximum Gasteiger partial charge on any atom is 0.214 e. The first-order chi connectivity index (χ1) is 8.53. The molecule has 0 amide bonds. The van der Waals surface area contributed by atoms with Crippen molar-refractivity contribution in [2.75, 3.05) is 24.6 Å². The monoisotopic (exact) mass is 268 g/mol. The SMILES string of the molecule is C#CCCNS(=O)(=O)CCOc1cccc(N)c1. The van der Waals surface area contributed by atoms with E-state index in [1.165, 1.54) is 0 Å². The number of rotatable bonds is 7. The van der Waals surface area contributed by atoms with Crippen molar-refractivity contribution in [3.8, 4) is 18.1 Å². The molecular weight excluding hydrogens is 252 g/mol. The molecule has 3 N–H and O–H groups in total. The zero-order valence-electron chi connectivity index (χ0n) is 9.93. The molecule has 0 aliphatic carbocycles. The number of ether oxygens (including phenoxy) is 1. The van der Waals surface area contributed by atoms with Crippen LogP contribution in [-0.4, -0.2) is 27.3 Å². The van der Waals surface area contributed by atoms with Crippen molar-refractivity contribution in [3.63, 3.8) is 0 Å². The van der Waals surface area contributed by atoms with Crippen molar-refractivity contribution < 1.29 is 13.2 Å². The van der Waals surface area contributed by atoms with Gasteiger partial charge in [0.25, 0.3) is 0 Å². The standard InChI is InChI=1S/C12H16N2O3S/c1-2-3-7-14-18(15,16)9-8-17-12-6-4-5-11(13)10-12/h1,4-6,10,14H,3,7-9,13H2. The van der Waals surface area contributed by atoms with E-state index in [0.717, 1.165) is 0 Å². The van der Waals surface area contributed by atoms with Crippen LogP contribution in [0, 0.1) is 12.3 Å². The lowest BCUT2D eigenvalue weighted by Gasteiger charge is -2.08. The van der Waals surface area contributed by atoms with Gasteiger partial charge in [0.2, 0.25) is 10.0 Å². The van der Waals surface area contributed by atoms with Crippen LogP contribution in [0.1, 0.15) is 6.42 Å². The molecule has 0 heterocycles. The van der Waals surface area contributed by atoms with Crippen molar-refractivity contribution in [2.24, 2.45) is 0 Å². The molecule has 0 aliphatic rings. The Bertz CT molecular complexity index is 520. The quantitative estimate of drug-likeness (QED) is 0.431. The molecule has 1 rings (SSSR count). The number of terminal acetylenes is 1. The number of nitrogens with two attached hydrogens (primary N) is 1. The lowest BCUT2D eigenvalue weighted by molar-refractivity contribution is 0.340. The van der Waals surface area contributed by atoms with Crippen molar-refractivity contribution in [1.82, 2.24) is 4.72 Å². The largest absolute Gasteiger partial charge is 0.492 e. The van der Waals surface area contributed by atoms with Crippen LogP contribution in [0.15, 0.2) is 24.3 Å². The van der Waals surface area contributed by atoms with Gasteiger partial charge in [0.05, 0.1) is 5.75 Å². The molecule has 0 fully saturated rings. The average molecular weight is 268 g/mol. The molecule has 0 spiro atoms. The number of hydrogen-bond acceptors (Lipinski definition) is 4. The lowest BCUT2D eigenvalue weighted by Crippen LogP contribution is -2.29. The van der Waals surface area contributed by atoms with Crippen molar-refractivity contribution in [2.45, 2.75) is 6.42 Å². The molecule has 18 heavy (non-hydrogen) atoms. The highest BCUT2D eigenvalue weighted by atomic mass is 32.2. The van der Waals surface area contributed by atoms with E-state index in [2.05, 4.69) is 10.6 Å². The minimum atomic E-state index is -3.34. The molecule has 0 radical (unpaired) electrons. The van der Waals surface area contributed by atoms with E-state index in [0.29, 0.717) is 17.9 Å². The Morgan fingerprint density at radius 3 is 2.89 bits per heavy atom. The summed E-state index contributed by atoms with van der Waals surface area (Å²) < 4.78 is 30.6. The fourth-order valence-corrected chi connectivity index (χ4v) is 2.08. The molecule has 0 unspecified atom stereocenters. The summed E-state index contributed by atoms with van der Waals surface area (Å²) in [5, 5.41) is 0. The fraction of sp³-hybridized carbons (Fsp3) is 0.333. The summed E-state index contributed by atoms with van der Waals surface area (Å²) in [4.78, 5) is 0. The van der Waals surface area contributed by atoms with E-state index in [4.69, 9.17) is 16.9 Å². The molecule has 0 bridgehead atoms. The summed E-state index contributed by atoms with van der Waals surface area (Å²) in [7, 11) is -3.34. The molecular formula is C12H16N2O3S. The smallest absolute Gasteiger partial charge is 0.214 e. The van der Waals surface area contributed by atoms with Gasteiger partial charge in [0.1, 0.15) is 12.4 Å². The maximum absolute atomic E-state index is 11.5. The van der Waals surface area contributed by atoms with Gasteiger partial charge in [-0.25, -0.2) is 13.1 Å². The summed E-state index contributed by atoms with van der Waals surface area (Å²) >= 11 is 0. The Kier molecular flexibility index (Phi) is 5.49. The summed E-state index contributed by atoms with van der Waals surface area (Å²) in [6.07, 6.45) is 5.40. The van der Waals surface area contributed by atoms with E-state index < -0.39 is 10.0 Å². The van der Waals surface area contributed by atoms with Gasteiger partial charge in [0.15, 0.2) is 0 Å². The Morgan fingerprint density at radius 1 is 1.44 bits per heavy atom. The third kappa shape index (κ3) is 5.57. The maximum atomic E-state index is 11.5. The van der Waals surface area contributed by atoms with Gasteiger partial charge in [-0.05, 0) is 12.1 Å². The van der Waals surface area contributed by atoms with E-state index in [9.17, 15) is 8.42 Å². The van der Waals surface area contributed by atoms with Gasteiger partial charge in [-0.1, -0.05) is 6.07 Å².